The van der Waals surface area contributed by atoms with E-state index in [0.29, 0.717) is 0 Å². The van der Waals surface area contributed by atoms with Crippen molar-refractivity contribution in [2.45, 2.75) is 26.2 Å². The van der Waals surface area contributed by atoms with E-state index in [1.54, 1.807) is 18.4 Å². The zero-order chi connectivity index (χ0) is 16.5. The first-order valence-electron chi connectivity index (χ1n) is 7.84. The number of benzene rings is 1. The third-order valence-corrected chi connectivity index (χ3v) is 4.85. The third kappa shape index (κ3) is 5.84. The van der Waals surface area contributed by atoms with Gasteiger partial charge in [0.05, 0.1) is 10.7 Å². The molecule has 2 aromatic rings. The molecule has 0 radical (unpaired) electrons. The predicted octanol–water partition coefficient (Wildman–Crippen LogP) is 3.31. The van der Waals surface area contributed by atoms with Crippen molar-refractivity contribution in [1.29, 1.82) is 0 Å². The quantitative estimate of drug-likeness (QED) is 0.595. The minimum atomic E-state index is 0.792. The lowest BCUT2D eigenvalue weighted by Crippen LogP contribution is -2.39. The van der Waals surface area contributed by atoms with Crippen LogP contribution < -0.4 is 10.6 Å². The van der Waals surface area contributed by atoms with Crippen LogP contribution in [0.15, 0.2) is 34.6 Å². The largest absolute Gasteiger partial charge is 0.356 e. The molecule has 124 valence electrons. The molecule has 0 spiro atoms. The van der Waals surface area contributed by atoms with E-state index in [-0.39, 0.29) is 0 Å². The highest BCUT2D eigenvalue weighted by atomic mass is 35.5. The van der Waals surface area contributed by atoms with Crippen LogP contribution in [0.1, 0.15) is 23.2 Å². The lowest BCUT2D eigenvalue weighted by atomic mass is 10.1. The zero-order valence-electron chi connectivity index (χ0n) is 13.6. The standard InChI is InChI=1S/C17H23ClN4S/c1-3-16-22-14(12-23-16)9-11-21-17(19-2)20-10-8-13-6-4-5-7-15(13)18/h4-7,12H,3,8-11H2,1-2H3,(H2,19,20,21). The van der Waals surface area contributed by atoms with Gasteiger partial charge in [0.15, 0.2) is 5.96 Å². The van der Waals surface area contributed by atoms with Crippen LogP contribution >= 0.6 is 22.9 Å². The molecule has 6 heteroatoms. The number of thiazole rings is 1. The molecule has 4 nitrogen and oxygen atoms in total. The fraction of sp³-hybridized carbons (Fsp3) is 0.412. The van der Waals surface area contributed by atoms with Gasteiger partial charge in [-0.05, 0) is 24.5 Å². The third-order valence-electron chi connectivity index (χ3n) is 3.44. The molecule has 2 N–H and O–H groups in total. The molecule has 0 atom stereocenters. The minimum Gasteiger partial charge on any atom is -0.356 e. The number of nitrogens with zero attached hydrogens (tertiary/aromatic N) is 2. The second-order valence-corrected chi connectivity index (χ2v) is 6.45. The summed E-state index contributed by atoms with van der Waals surface area (Å²) in [5.74, 6) is 0.808. The monoisotopic (exact) mass is 350 g/mol. The van der Waals surface area contributed by atoms with Gasteiger partial charge in [-0.15, -0.1) is 11.3 Å². The van der Waals surface area contributed by atoms with Crippen LogP contribution in [-0.4, -0.2) is 31.1 Å². The first-order valence-corrected chi connectivity index (χ1v) is 9.10. The molecule has 2 rings (SSSR count). The molecule has 0 saturated heterocycles. The highest BCUT2D eigenvalue weighted by molar-refractivity contribution is 7.09. The van der Waals surface area contributed by atoms with E-state index in [1.165, 1.54) is 5.01 Å². The van der Waals surface area contributed by atoms with Crippen molar-refractivity contribution in [2.75, 3.05) is 20.1 Å². The summed E-state index contributed by atoms with van der Waals surface area (Å²) in [4.78, 5) is 8.80. The normalized spacial score (nSPS) is 11.5. The maximum atomic E-state index is 6.16. The van der Waals surface area contributed by atoms with Gasteiger partial charge in [-0.25, -0.2) is 4.98 Å². The van der Waals surface area contributed by atoms with Gasteiger partial charge in [-0.3, -0.25) is 4.99 Å². The van der Waals surface area contributed by atoms with Crippen molar-refractivity contribution >= 4 is 28.9 Å². The topological polar surface area (TPSA) is 49.3 Å². The first kappa shape index (κ1) is 17.8. The molecule has 1 aromatic carbocycles. The highest BCUT2D eigenvalue weighted by Crippen LogP contribution is 2.14. The Morgan fingerprint density at radius 3 is 2.61 bits per heavy atom. The van der Waals surface area contributed by atoms with Crippen molar-refractivity contribution in [3.63, 3.8) is 0 Å². The van der Waals surface area contributed by atoms with Crippen molar-refractivity contribution in [2.24, 2.45) is 4.99 Å². The number of nitrogens with one attached hydrogen (secondary N) is 2. The molecule has 0 bridgehead atoms. The van der Waals surface area contributed by atoms with Crippen LogP contribution in [0.25, 0.3) is 0 Å². The van der Waals surface area contributed by atoms with Gasteiger partial charge >= 0.3 is 0 Å². The van der Waals surface area contributed by atoms with Crippen LogP contribution in [0.5, 0.6) is 0 Å². The number of halogens is 1. The number of rotatable bonds is 7. The van der Waals surface area contributed by atoms with E-state index in [1.807, 2.05) is 24.3 Å². The Morgan fingerprint density at radius 1 is 1.22 bits per heavy atom. The Labute approximate surface area is 147 Å². The van der Waals surface area contributed by atoms with Gasteiger partial charge < -0.3 is 10.6 Å². The molecule has 1 heterocycles. The van der Waals surface area contributed by atoms with Crippen molar-refractivity contribution in [3.8, 4) is 0 Å². The van der Waals surface area contributed by atoms with E-state index in [2.05, 4.69) is 32.9 Å². The number of hydrogen-bond acceptors (Lipinski definition) is 3. The van der Waals surface area contributed by atoms with Crippen LogP contribution in [0.2, 0.25) is 5.02 Å². The van der Waals surface area contributed by atoms with Crippen LogP contribution in [-0.2, 0) is 19.3 Å². The van der Waals surface area contributed by atoms with Gasteiger partial charge in [-0.1, -0.05) is 36.7 Å². The smallest absolute Gasteiger partial charge is 0.190 e. The first-order chi connectivity index (χ1) is 11.2. The van der Waals surface area contributed by atoms with Crippen LogP contribution in [0, 0.1) is 0 Å². The molecular weight excluding hydrogens is 328 g/mol. The lowest BCUT2D eigenvalue weighted by molar-refractivity contribution is 0.776. The summed E-state index contributed by atoms with van der Waals surface area (Å²) >= 11 is 7.89. The van der Waals surface area contributed by atoms with Crippen molar-refractivity contribution in [1.82, 2.24) is 15.6 Å². The zero-order valence-corrected chi connectivity index (χ0v) is 15.2. The maximum Gasteiger partial charge on any atom is 0.190 e. The molecule has 0 fully saturated rings. The van der Waals surface area contributed by atoms with E-state index in [4.69, 9.17) is 11.6 Å². The molecule has 0 aliphatic heterocycles. The maximum absolute atomic E-state index is 6.16. The van der Waals surface area contributed by atoms with E-state index in [0.717, 1.165) is 54.6 Å². The Balaban J connectivity index is 1.70. The van der Waals surface area contributed by atoms with Gasteiger partial charge in [0.1, 0.15) is 0 Å². The number of aromatic nitrogens is 1. The second-order valence-electron chi connectivity index (χ2n) is 5.10. The summed E-state index contributed by atoms with van der Waals surface area (Å²) in [5, 5.41) is 10.8. The van der Waals surface area contributed by atoms with E-state index >= 15 is 0 Å². The number of hydrogen-bond donors (Lipinski definition) is 2. The predicted molar refractivity (Wildman–Crippen MR) is 99.7 cm³/mol. The molecule has 0 amide bonds. The molecule has 23 heavy (non-hydrogen) atoms. The Kier molecular flexibility index (Phi) is 7.36. The van der Waals surface area contributed by atoms with Gasteiger partial charge in [-0.2, -0.15) is 0 Å². The highest BCUT2D eigenvalue weighted by Gasteiger charge is 2.03. The van der Waals surface area contributed by atoms with Gasteiger partial charge in [0.25, 0.3) is 0 Å². The fourth-order valence-electron chi connectivity index (χ4n) is 2.17. The fourth-order valence-corrected chi connectivity index (χ4v) is 3.18. The molecule has 0 aliphatic rings. The Morgan fingerprint density at radius 2 is 1.96 bits per heavy atom. The summed E-state index contributed by atoms with van der Waals surface area (Å²) in [5.41, 5.74) is 2.29. The van der Waals surface area contributed by atoms with Crippen molar-refractivity contribution in [3.05, 3.63) is 50.9 Å². The van der Waals surface area contributed by atoms with Crippen LogP contribution in [0.4, 0.5) is 0 Å². The van der Waals surface area contributed by atoms with Gasteiger partial charge in [0.2, 0.25) is 0 Å². The lowest BCUT2D eigenvalue weighted by Gasteiger charge is -2.11. The minimum absolute atomic E-state index is 0.792. The van der Waals surface area contributed by atoms with E-state index < -0.39 is 0 Å². The average molecular weight is 351 g/mol. The summed E-state index contributed by atoms with van der Waals surface area (Å²) in [7, 11) is 1.78. The molecule has 0 unspecified atom stereocenters. The van der Waals surface area contributed by atoms with Gasteiger partial charge in [0, 0.05) is 37.0 Å². The number of aryl methyl sites for hydroxylation is 1. The van der Waals surface area contributed by atoms with E-state index in [9.17, 15) is 0 Å². The summed E-state index contributed by atoms with van der Waals surface area (Å²) in [6, 6.07) is 7.92. The number of aliphatic imine (C=N–C) groups is 1. The molecule has 0 saturated carbocycles. The molecular formula is C17H23ClN4S. The SMILES string of the molecule is CCc1nc(CCNC(=NC)NCCc2ccccc2Cl)cs1. The summed E-state index contributed by atoms with van der Waals surface area (Å²) < 4.78 is 0. The molecule has 0 aliphatic carbocycles. The summed E-state index contributed by atoms with van der Waals surface area (Å²) in [6.45, 7) is 3.74. The molecule has 1 aromatic heterocycles. The second kappa shape index (κ2) is 9.53. The van der Waals surface area contributed by atoms with Crippen LogP contribution in [0.3, 0.4) is 0 Å². The van der Waals surface area contributed by atoms with Crippen molar-refractivity contribution < 1.29 is 0 Å². The number of guanidine groups is 1. The Bertz CT molecular complexity index is 639. The Hall–Kier alpha value is -1.59. The average Bonchev–Trinajstić information content (AvgIpc) is 3.03. The summed E-state index contributed by atoms with van der Waals surface area (Å²) in [6.07, 6.45) is 2.78.